The van der Waals surface area contributed by atoms with E-state index in [4.69, 9.17) is 9.97 Å². The molecule has 0 fully saturated rings. The number of hydrogen-bond acceptors (Lipinski definition) is 2. The SMILES string of the molecule is c1ccc(-c2cc(-c3ccccc3)cc(-c3cc(-c4ccccc4)nc(-c4cc(-c5ccc6c7ccccc7c7ccccc7c6c5)cc(-n5c6ccccc6c6ccc(-c7ccccc7)cc65)c4)n3)c2)cc1. The van der Waals surface area contributed by atoms with Crippen LogP contribution in [-0.4, -0.2) is 14.5 Å². The van der Waals surface area contributed by atoms with Gasteiger partial charge in [-0.2, -0.15) is 0 Å². The van der Waals surface area contributed by atoms with E-state index in [0.29, 0.717) is 5.82 Å². The van der Waals surface area contributed by atoms with Crippen molar-refractivity contribution < 1.29 is 0 Å². The number of hydrogen-bond donors (Lipinski definition) is 0. The van der Waals surface area contributed by atoms with Gasteiger partial charge in [-0.3, -0.25) is 0 Å². The molecular formula is C70H45N3. The van der Waals surface area contributed by atoms with E-state index >= 15 is 0 Å². The van der Waals surface area contributed by atoms with Crippen LogP contribution in [0.4, 0.5) is 0 Å². The van der Waals surface area contributed by atoms with Crippen molar-refractivity contribution in [3.05, 3.63) is 273 Å². The molecule has 12 aromatic carbocycles. The molecule has 0 N–H and O–H groups in total. The highest BCUT2D eigenvalue weighted by Gasteiger charge is 2.20. The normalized spacial score (nSPS) is 11.6. The molecule has 0 amide bonds. The number of nitrogens with zero attached hydrogens (tertiary/aromatic N) is 3. The fourth-order valence-electron chi connectivity index (χ4n) is 11.0. The number of benzene rings is 12. The lowest BCUT2D eigenvalue weighted by molar-refractivity contribution is 1.16. The van der Waals surface area contributed by atoms with Crippen molar-refractivity contribution in [1.82, 2.24) is 14.5 Å². The highest BCUT2D eigenvalue weighted by Crippen LogP contribution is 2.42. The van der Waals surface area contributed by atoms with E-state index in [9.17, 15) is 0 Å². The maximum Gasteiger partial charge on any atom is 0.160 e. The number of rotatable bonds is 8. The Bertz CT molecular complexity index is 4310. The second-order valence-electron chi connectivity index (χ2n) is 18.9. The summed E-state index contributed by atoms with van der Waals surface area (Å²) < 4.78 is 2.44. The van der Waals surface area contributed by atoms with Crippen LogP contribution in [0.2, 0.25) is 0 Å². The van der Waals surface area contributed by atoms with Crippen LogP contribution in [0.25, 0.3) is 138 Å². The van der Waals surface area contributed by atoms with Gasteiger partial charge in [-0.15, -0.1) is 0 Å². The zero-order valence-electron chi connectivity index (χ0n) is 39.8. The molecule has 3 heteroatoms. The summed E-state index contributed by atoms with van der Waals surface area (Å²) in [7, 11) is 0. The monoisotopic (exact) mass is 927 g/mol. The molecule has 0 saturated carbocycles. The number of para-hydroxylation sites is 1. The third kappa shape index (κ3) is 7.54. The van der Waals surface area contributed by atoms with Gasteiger partial charge >= 0.3 is 0 Å². The summed E-state index contributed by atoms with van der Waals surface area (Å²) in [5.41, 5.74) is 17.0. The Hall–Kier alpha value is -9.70. The first-order valence-electron chi connectivity index (χ1n) is 25.0. The summed E-state index contributed by atoms with van der Waals surface area (Å²) in [6.45, 7) is 0. The fraction of sp³-hybridized carbons (Fsp3) is 0. The van der Waals surface area contributed by atoms with Gasteiger partial charge < -0.3 is 4.57 Å². The maximum atomic E-state index is 5.61. The molecule has 73 heavy (non-hydrogen) atoms. The first-order valence-corrected chi connectivity index (χ1v) is 25.0. The number of fused-ring (bicyclic) bond motifs is 9. The molecule has 0 aliphatic heterocycles. The van der Waals surface area contributed by atoms with Crippen LogP contribution in [0.1, 0.15) is 0 Å². The molecule has 2 heterocycles. The molecule has 0 atom stereocenters. The van der Waals surface area contributed by atoms with Gasteiger partial charge in [0, 0.05) is 33.2 Å². The molecule has 0 saturated heterocycles. The van der Waals surface area contributed by atoms with E-state index in [1.165, 1.54) is 54.2 Å². The lowest BCUT2D eigenvalue weighted by Crippen LogP contribution is -2.00. The van der Waals surface area contributed by atoms with Gasteiger partial charge in [-0.05, 0) is 137 Å². The van der Waals surface area contributed by atoms with Gasteiger partial charge in [0.15, 0.2) is 5.82 Å². The second kappa shape index (κ2) is 17.6. The molecule has 3 nitrogen and oxygen atoms in total. The van der Waals surface area contributed by atoms with Crippen LogP contribution < -0.4 is 0 Å². The lowest BCUT2D eigenvalue weighted by atomic mass is 9.91. The summed E-state index contributed by atoms with van der Waals surface area (Å²) in [5, 5.41) is 9.86. The summed E-state index contributed by atoms with van der Waals surface area (Å²) in [6, 6.07) is 98.6. The van der Waals surface area contributed by atoms with Gasteiger partial charge in [0.25, 0.3) is 0 Å². The Morgan fingerprint density at radius 1 is 0.205 bits per heavy atom. The van der Waals surface area contributed by atoms with Crippen LogP contribution in [0.3, 0.4) is 0 Å². The van der Waals surface area contributed by atoms with E-state index in [0.717, 1.165) is 78.2 Å². The third-order valence-corrected chi connectivity index (χ3v) is 14.5. The predicted molar refractivity (Wildman–Crippen MR) is 307 cm³/mol. The Kier molecular flexibility index (Phi) is 10.2. The highest BCUT2D eigenvalue weighted by atomic mass is 15.0. The largest absolute Gasteiger partial charge is 0.309 e. The Morgan fingerprint density at radius 2 is 0.589 bits per heavy atom. The van der Waals surface area contributed by atoms with Crippen molar-refractivity contribution in [3.8, 4) is 84.1 Å². The van der Waals surface area contributed by atoms with Gasteiger partial charge in [0.05, 0.1) is 22.4 Å². The molecule has 0 spiro atoms. The van der Waals surface area contributed by atoms with Crippen molar-refractivity contribution in [2.24, 2.45) is 0 Å². The Morgan fingerprint density at radius 3 is 1.18 bits per heavy atom. The average Bonchev–Trinajstić information content (AvgIpc) is 3.81. The first kappa shape index (κ1) is 42.2. The van der Waals surface area contributed by atoms with Crippen molar-refractivity contribution >= 4 is 54.1 Å². The van der Waals surface area contributed by atoms with E-state index in [1.54, 1.807) is 0 Å². The van der Waals surface area contributed by atoms with Crippen molar-refractivity contribution in [1.29, 1.82) is 0 Å². The van der Waals surface area contributed by atoms with Crippen molar-refractivity contribution in [2.75, 3.05) is 0 Å². The van der Waals surface area contributed by atoms with Crippen LogP contribution in [0.15, 0.2) is 273 Å². The summed E-state index contributed by atoms with van der Waals surface area (Å²) in [6.07, 6.45) is 0. The first-order chi connectivity index (χ1) is 36.2. The minimum absolute atomic E-state index is 0.647. The molecule has 14 aromatic rings. The minimum atomic E-state index is 0.647. The maximum absolute atomic E-state index is 5.61. The molecule has 0 aliphatic rings. The molecule has 340 valence electrons. The Balaban J connectivity index is 1.05. The van der Waals surface area contributed by atoms with Crippen LogP contribution in [0.5, 0.6) is 0 Å². The smallest absolute Gasteiger partial charge is 0.160 e. The van der Waals surface area contributed by atoms with E-state index in [2.05, 4.69) is 278 Å². The predicted octanol–water partition coefficient (Wildman–Crippen LogP) is 18.7. The van der Waals surface area contributed by atoms with Crippen molar-refractivity contribution in [3.63, 3.8) is 0 Å². The van der Waals surface area contributed by atoms with Crippen LogP contribution >= 0.6 is 0 Å². The summed E-state index contributed by atoms with van der Waals surface area (Å²) in [5.74, 6) is 0.647. The average molecular weight is 928 g/mol. The molecule has 0 unspecified atom stereocenters. The van der Waals surface area contributed by atoms with Gasteiger partial charge in [-0.1, -0.05) is 212 Å². The third-order valence-electron chi connectivity index (χ3n) is 14.5. The molecule has 0 radical (unpaired) electrons. The molecule has 2 aromatic heterocycles. The zero-order valence-corrected chi connectivity index (χ0v) is 39.8. The van der Waals surface area contributed by atoms with Crippen LogP contribution in [-0.2, 0) is 0 Å². The van der Waals surface area contributed by atoms with Gasteiger partial charge in [0.2, 0.25) is 0 Å². The molecular weight excluding hydrogens is 883 g/mol. The van der Waals surface area contributed by atoms with Crippen LogP contribution in [0, 0.1) is 0 Å². The molecule has 14 rings (SSSR count). The van der Waals surface area contributed by atoms with Gasteiger partial charge in [-0.25, -0.2) is 9.97 Å². The standard InChI is InChI=1S/C70H45N3/c1-5-19-46(20-6-1)51-34-36-64-63-31-17-18-32-68(63)73(69(64)44-51)57-41-54(50-33-35-62-60-29-14-13-27-58(60)59-28-15-16-30-61(59)65(62)43-50)40-56(42-57)70-71-66(49-25-11-4-12-26-49)45-67(72-70)55-38-52(47-21-7-2-8-22-47)37-53(39-55)48-23-9-3-10-24-48/h1-45H. The molecule has 0 aliphatic carbocycles. The molecule has 0 bridgehead atoms. The minimum Gasteiger partial charge on any atom is -0.309 e. The van der Waals surface area contributed by atoms with Crippen molar-refractivity contribution in [2.45, 2.75) is 0 Å². The van der Waals surface area contributed by atoms with E-state index in [1.807, 2.05) is 0 Å². The number of aromatic nitrogens is 3. The summed E-state index contributed by atoms with van der Waals surface area (Å²) in [4.78, 5) is 11.1. The zero-order chi connectivity index (χ0) is 48.2. The fourth-order valence-corrected chi connectivity index (χ4v) is 11.0. The lowest BCUT2D eigenvalue weighted by Gasteiger charge is -2.16. The second-order valence-corrected chi connectivity index (χ2v) is 18.9. The topological polar surface area (TPSA) is 30.7 Å². The quantitative estimate of drug-likeness (QED) is 0.142. The van der Waals surface area contributed by atoms with E-state index < -0.39 is 0 Å². The Labute approximate surface area is 423 Å². The van der Waals surface area contributed by atoms with Gasteiger partial charge in [0.1, 0.15) is 0 Å². The highest BCUT2D eigenvalue weighted by molar-refractivity contribution is 6.25. The van der Waals surface area contributed by atoms with E-state index in [-0.39, 0.29) is 0 Å². The summed E-state index contributed by atoms with van der Waals surface area (Å²) >= 11 is 0.